The maximum atomic E-state index is 5.35. The van der Waals surface area contributed by atoms with Gasteiger partial charge in [0.1, 0.15) is 5.75 Å². The lowest BCUT2D eigenvalue weighted by molar-refractivity contribution is 0.321. The number of hydrogen-bond donors (Lipinski definition) is 1. The summed E-state index contributed by atoms with van der Waals surface area (Å²) < 4.78 is 5.35. The van der Waals surface area contributed by atoms with Crippen LogP contribution in [-0.4, -0.2) is 42.4 Å². The van der Waals surface area contributed by atoms with Gasteiger partial charge in [-0.15, -0.1) is 11.3 Å². The molecule has 2 aromatic heterocycles. The Balaban J connectivity index is 1.26. The Morgan fingerprint density at radius 3 is 3.04 bits per heavy atom. The molecule has 0 amide bonds. The molecule has 0 atom stereocenters. The van der Waals surface area contributed by atoms with Crippen LogP contribution in [0.3, 0.4) is 0 Å². The molecule has 1 aromatic carbocycles. The van der Waals surface area contributed by atoms with E-state index in [2.05, 4.69) is 51.8 Å². The maximum absolute atomic E-state index is 5.35. The summed E-state index contributed by atoms with van der Waals surface area (Å²) in [5.41, 5.74) is 4.07. The molecule has 0 saturated heterocycles. The molecule has 1 N–H and O–H groups in total. The van der Waals surface area contributed by atoms with E-state index >= 15 is 0 Å². The van der Waals surface area contributed by atoms with Crippen molar-refractivity contribution in [3.8, 4) is 5.75 Å². The molecule has 1 aliphatic heterocycles. The lowest BCUT2D eigenvalue weighted by atomic mass is 10.1. The van der Waals surface area contributed by atoms with Crippen LogP contribution in [0.25, 0.3) is 16.5 Å². The summed E-state index contributed by atoms with van der Waals surface area (Å²) in [7, 11) is 1.72. The zero-order valence-electron chi connectivity index (χ0n) is 15.0. The average Bonchev–Trinajstić information content (AvgIpc) is 3.35. The first kappa shape index (κ1) is 17.7. The lowest BCUT2D eigenvalue weighted by Crippen LogP contribution is -2.30. The summed E-state index contributed by atoms with van der Waals surface area (Å²) in [6.07, 6.45) is 5.72. The van der Waals surface area contributed by atoms with Gasteiger partial charge in [-0.05, 0) is 47.2 Å². The molecule has 136 valence electrons. The van der Waals surface area contributed by atoms with Crippen LogP contribution in [0.2, 0.25) is 0 Å². The molecule has 3 nitrogen and oxygen atoms in total. The van der Waals surface area contributed by atoms with Crippen molar-refractivity contribution in [1.29, 1.82) is 0 Å². The molecule has 0 spiro atoms. The molecule has 0 fully saturated rings. The number of fused-ring (bicyclic) bond motifs is 1. The SMILES string of the molecule is COc1ccc2[nH]cc(CSCCN3CC=C(c4cccs4)CC3)c2c1. The van der Waals surface area contributed by atoms with Gasteiger partial charge in [-0.25, -0.2) is 0 Å². The van der Waals surface area contributed by atoms with Crippen molar-refractivity contribution in [1.82, 2.24) is 9.88 Å². The Hall–Kier alpha value is -1.69. The third-order valence-corrected chi connectivity index (χ3v) is 6.85. The monoisotopic (exact) mass is 384 g/mol. The van der Waals surface area contributed by atoms with Crippen molar-refractivity contribution in [2.75, 3.05) is 32.5 Å². The second kappa shape index (κ2) is 8.33. The summed E-state index contributed by atoms with van der Waals surface area (Å²) in [4.78, 5) is 7.36. The van der Waals surface area contributed by atoms with Crippen LogP contribution in [0.4, 0.5) is 0 Å². The van der Waals surface area contributed by atoms with Crippen LogP contribution in [0, 0.1) is 0 Å². The zero-order chi connectivity index (χ0) is 17.8. The summed E-state index contributed by atoms with van der Waals surface area (Å²) in [5, 5.41) is 3.44. The number of ether oxygens (including phenoxy) is 1. The van der Waals surface area contributed by atoms with E-state index in [4.69, 9.17) is 4.74 Å². The summed E-state index contributed by atoms with van der Waals surface area (Å²) >= 11 is 3.86. The van der Waals surface area contributed by atoms with E-state index in [0.717, 1.165) is 24.6 Å². The van der Waals surface area contributed by atoms with E-state index in [0.29, 0.717) is 0 Å². The fraction of sp³-hybridized carbons (Fsp3) is 0.333. The molecule has 0 unspecified atom stereocenters. The molecule has 0 saturated carbocycles. The van der Waals surface area contributed by atoms with Crippen molar-refractivity contribution >= 4 is 39.6 Å². The number of nitrogens with one attached hydrogen (secondary N) is 1. The van der Waals surface area contributed by atoms with E-state index in [9.17, 15) is 0 Å². The fourth-order valence-corrected chi connectivity index (χ4v) is 5.17. The minimum atomic E-state index is 0.921. The standard InChI is InChI=1S/C21H24N2OS2/c1-24-18-4-5-20-19(13-18)17(14-22-20)15-25-12-10-23-8-6-16(7-9-23)21-3-2-11-26-21/h2-6,11,13-14,22H,7-10,12,15H2,1H3. The van der Waals surface area contributed by atoms with Crippen molar-refractivity contribution in [3.63, 3.8) is 0 Å². The van der Waals surface area contributed by atoms with E-state index < -0.39 is 0 Å². The summed E-state index contributed by atoms with van der Waals surface area (Å²) in [6, 6.07) is 10.6. The minimum absolute atomic E-state index is 0.921. The number of nitrogens with zero attached hydrogens (tertiary/aromatic N) is 1. The van der Waals surface area contributed by atoms with Crippen molar-refractivity contribution in [2.24, 2.45) is 0 Å². The molecular weight excluding hydrogens is 360 g/mol. The minimum Gasteiger partial charge on any atom is -0.497 e. The first-order valence-corrected chi connectivity index (χ1v) is 11.0. The Kier molecular flexibility index (Phi) is 5.68. The maximum Gasteiger partial charge on any atom is 0.119 e. The highest BCUT2D eigenvalue weighted by Gasteiger charge is 2.13. The van der Waals surface area contributed by atoms with Crippen LogP contribution in [0.5, 0.6) is 5.75 Å². The van der Waals surface area contributed by atoms with Gasteiger partial charge < -0.3 is 9.72 Å². The fourth-order valence-electron chi connectivity index (χ4n) is 3.38. The highest BCUT2D eigenvalue weighted by molar-refractivity contribution is 7.98. The number of aromatic nitrogens is 1. The van der Waals surface area contributed by atoms with Crippen molar-refractivity contribution in [2.45, 2.75) is 12.2 Å². The number of methoxy groups -OCH3 is 1. The normalized spacial score (nSPS) is 15.3. The van der Waals surface area contributed by atoms with Gasteiger partial charge in [-0.2, -0.15) is 11.8 Å². The number of H-pyrrole nitrogens is 1. The van der Waals surface area contributed by atoms with E-state index in [1.165, 1.54) is 45.6 Å². The molecule has 0 radical (unpaired) electrons. The Labute approximate surface area is 163 Å². The van der Waals surface area contributed by atoms with Crippen LogP contribution in [-0.2, 0) is 5.75 Å². The largest absolute Gasteiger partial charge is 0.497 e. The Morgan fingerprint density at radius 2 is 2.27 bits per heavy atom. The number of aromatic amines is 1. The molecule has 26 heavy (non-hydrogen) atoms. The smallest absolute Gasteiger partial charge is 0.119 e. The molecule has 3 aromatic rings. The van der Waals surface area contributed by atoms with Gasteiger partial charge in [0.05, 0.1) is 7.11 Å². The molecule has 5 heteroatoms. The third kappa shape index (κ3) is 4.00. The average molecular weight is 385 g/mol. The van der Waals surface area contributed by atoms with Crippen LogP contribution in [0.1, 0.15) is 16.9 Å². The van der Waals surface area contributed by atoms with Crippen LogP contribution < -0.4 is 4.74 Å². The van der Waals surface area contributed by atoms with E-state index in [1.807, 2.05) is 29.2 Å². The Morgan fingerprint density at radius 1 is 1.31 bits per heavy atom. The second-order valence-electron chi connectivity index (χ2n) is 6.54. The summed E-state index contributed by atoms with van der Waals surface area (Å²) in [6.45, 7) is 3.41. The van der Waals surface area contributed by atoms with Gasteiger partial charge in [0, 0.05) is 53.1 Å². The number of thiophene rings is 1. The first-order chi connectivity index (χ1) is 12.8. The van der Waals surface area contributed by atoms with Gasteiger partial charge in [0.2, 0.25) is 0 Å². The van der Waals surface area contributed by atoms with Crippen molar-refractivity contribution < 1.29 is 4.74 Å². The van der Waals surface area contributed by atoms with E-state index in [-0.39, 0.29) is 0 Å². The predicted octanol–water partition coefficient (Wildman–Crippen LogP) is 5.26. The highest BCUT2D eigenvalue weighted by atomic mass is 32.2. The third-order valence-electron chi connectivity index (χ3n) is 4.91. The van der Waals surface area contributed by atoms with Gasteiger partial charge in [0.15, 0.2) is 0 Å². The lowest BCUT2D eigenvalue weighted by Gasteiger charge is -2.25. The molecule has 0 bridgehead atoms. The first-order valence-electron chi connectivity index (χ1n) is 9.00. The second-order valence-corrected chi connectivity index (χ2v) is 8.59. The molecule has 1 aliphatic rings. The number of rotatable bonds is 7. The van der Waals surface area contributed by atoms with Crippen LogP contribution >= 0.6 is 23.1 Å². The topological polar surface area (TPSA) is 28.3 Å². The van der Waals surface area contributed by atoms with Gasteiger partial charge >= 0.3 is 0 Å². The molecule has 3 heterocycles. The highest BCUT2D eigenvalue weighted by Crippen LogP contribution is 2.28. The number of thioether (sulfide) groups is 1. The quantitative estimate of drug-likeness (QED) is 0.563. The van der Waals surface area contributed by atoms with Crippen LogP contribution in [0.15, 0.2) is 48.0 Å². The number of hydrogen-bond acceptors (Lipinski definition) is 4. The predicted molar refractivity (Wildman–Crippen MR) is 114 cm³/mol. The zero-order valence-corrected chi connectivity index (χ0v) is 16.7. The summed E-state index contributed by atoms with van der Waals surface area (Å²) in [5.74, 6) is 3.13. The molecular formula is C21H24N2OS2. The van der Waals surface area contributed by atoms with Gasteiger partial charge in [0.25, 0.3) is 0 Å². The van der Waals surface area contributed by atoms with E-state index in [1.54, 1.807) is 7.11 Å². The van der Waals surface area contributed by atoms with Gasteiger partial charge in [-0.1, -0.05) is 12.1 Å². The molecule has 4 rings (SSSR count). The molecule has 0 aliphatic carbocycles. The number of benzene rings is 1. The van der Waals surface area contributed by atoms with Gasteiger partial charge in [-0.3, -0.25) is 4.90 Å². The van der Waals surface area contributed by atoms with Crippen molar-refractivity contribution in [3.05, 3.63) is 58.4 Å². The Bertz CT molecular complexity index is 883.